The highest BCUT2D eigenvalue weighted by atomic mass is 32.2. The van der Waals surface area contributed by atoms with Gasteiger partial charge in [0.25, 0.3) is 0 Å². The number of benzene rings is 2. The first-order valence-electron chi connectivity index (χ1n) is 17.0. The molecule has 0 spiro atoms. The van der Waals surface area contributed by atoms with Crippen LogP contribution in [-0.2, 0) is 35.2 Å². The standard InChI is InChI=1S/C35H50N4O10S/c1-34(2,14-15-37-32(41)39-16-19-46-20-17-39)23-35(36,50(43,44)26-11-9-25(45-3)10-12-26)30(40)28(21-24-7-5-4-6-8-24)38-33(42)49-29-22-48-31-27(29)13-18-47-31/h4-12,27-31,40H,13-23,36H2,1-3H3,(H,37,41)(H,38,42)/t27-,28-,29-,30+,31+,35?/m0/s1. The third-order valence-electron chi connectivity index (χ3n) is 9.73. The molecule has 0 bridgehead atoms. The van der Waals surface area contributed by atoms with E-state index in [1.807, 2.05) is 44.2 Å². The van der Waals surface area contributed by atoms with Crippen molar-refractivity contribution in [2.75, 3.05) is 53.2 Å². The van der Waals surface area contributed by atoms with Crippen LogP contribution in [-0.4, -0.2) is 113 Å². The van der Waals surface area contributed by atoms with Crippen LogP contribution in [0.4, 0.5) is 9.59 Å². The highest BCUT2D eigenvalue weighted by Gasteiger charge is 2.53. The van der Waals surface area contributed by atoms with Crippen molar-refractivity contribution in [2.24, 2.45) is 17.1 Å². The van der Waals surface area contributed by atoms with Gasteiger partial charge in [-0.3, -0.25) is 0 Å². The van der Waals surface area contributed by atoms with Gasteiger partial charge in [0.05, 0.1) is 50.4 Å². The second-order valence-corrected chi connectivity index (χ2v) is 16.1. The van der Waals surface area contributed by atoms with E-state index >= 15 is 0 Å². The Balaban J connectivity index is 1.41. The van der Waals surface area contributed by atoms with Gasteiger partial charge in [-0.1, -0.05) is 44.2 Å². The topological polar surface area (TPSA) is 188 Å². The second kappa shape index (κ2) is 16.3. The molecule has 0 radical (unpaired) electrons. The van der Waals surface area contributed by atoms with Gasteiger partial charge in [0, 0.05) is 19.6 Å². The summed E-state index contributed by atoms with van der Waals surface area (Å²) in [7, 11) is -3.02. The molecule has 15 heteroatoms. The smallest absolute Gasteiger partial charge is 0.407 e. The third kappa shape index (κ3) is 8.87. The van der Waals surface area contributed by atoms with Crippen LogP contribution in [0, 0.1) is 11.3 Å². The predicted octanol–water partition coefficient (Wildman–Crippen LogP) is 2.43. The summed E-state index contributed by atoms with van der Waals surface area (Å²) >= 11 is 0. The molecule has 3 fully saturated rings. The number of ether oxygens (including phenoxy) is 5. The Kier molecular flexibility index (Phi) is 12.3. The molecule has 6 atom stereocenters. The highest BCUT2D eigenvalue weighted by Crippen LogP contribution is 2.40. The summed E-state index contributed by atoms with van der Waals surface area (Å²) in [5, 5.41) is 17.9. The van der Waals surface area contributed by atoms with Gasteiger partial charge in [0.2, 0.25) is 0 Å². The number of methoxy groups -OCH3 is 1. The monoisotopic (exact) mass is 718 g/mol. The fraction of sp³-hybridized carbons (Fsp3) is 0.600. The maximum absolute atomic E-state index is 14.6. The van der Waals surface area contributed by atoms with Gasteiger partial charge in [0.15, 0.2) is 21.0 Å². The number of aliphatic hydroxyl groups is 1. The van der Waals surface area contributed by atoms with Gasteiger partial charge in [-0.25, -0.2) is 18.0 Å². The minimum absolute atomic E-state index is 0.0561. The average molecular weight is 719 g/mol. The molecule has 0 saturated carbocycles. The number of nitrogens with one attached hydrogen (secondary N) is 2. The van der Waals surface area contributed by atoms with Gasteiger partial charge in [0.1, 0.15) is 18.0 Å². The average Bonchev–Trinajstić information content (AvgIpc) is 3.73. The first-order valence-corrected chi connectivity index (χ1v) is 18.5. The molecular formula is C35H50N4O10S. The van der Waals surface area contributed by atoms with Gasteiger partial charge in [-0.15, -0.1) is 0 Å². The molecule has 3 heterocycles. The van der Waals surface area contributed by atoms with E-state index in [0.717, 1.165) is 5.56 Å². The molecule has 5 N–H and O–H groups in total. The number of amides is 3. The van der Waals surface area contributed by atoms with Crippen molar-refractivity contribution in [3.05, 3.63) is 60.2 Å². The Morgan fingerprint density at radius 2 is 1.76 bits per heavy atom. The van der Waals surface area contributed by atoms with Crippen LogP contribution < -0.4 is 21.1 Å². The molecule has 2 aromatic rings. The Morgan fingerprint density at radius 1 is 1.06 bits per heavy atom. The zero-order valence-electron chi connectivity index (χ0n) is 28.9. The first-order chi connectivity index (χ1) is 23.8. The molecule has 50 heavy (non-hydrogen) atoms. The van der Waals surface area contributed by atoms with Crippen molar-refractivity contribution in [2.45, 2.75) is 73.8 Å². The van der Waals surface area contributed by atoms with Crippen molar-refractivity contribution in [3.8, 4) is 5.75 Å². The van der Waals surface area contributed by atoms with Gasteiger partial charge in [-0.2, -0.15) is 0 Å². The second-order valence-electron chi connectivity index (χ2n) is 13.9. The number of hydrogen-bond donors (Lipinski definition) is 4. The molecule has 3 aliphatic heterocycles. The van der Waals surface area contributed by atoms with E-state index in [-0.39, 0.29) is 42.8 Å². The third-order valence-corrected chi connectivity index (χ3v) is 12.0. The predicted molar refractivity (Wildman–Crippen MR) is 183 cm³/mol. The summed E-state index contributed by atoms with van der Waals surface area (Å²) in [5.41, 5.74) is 6.93. The van der Waals surface area contributed by atoms with Crippen LogP contribution in [0.2, 0.25) is 0 Å². The molecule has 1 unspecified atom stereocenters. The lowest BCUT2D eigenvalue weighted by Gasteiger charge is -2.42. The van der Waals surface area contributed by atoms with E-state index in [4.69, 9.17) is 29.4 Å². The maximum atomic E-state index is 14.6. The van der Waals surface area contributed by atoms with E-state index < -0.39 is 50.8 Å². The van der Waals surface area contributed by atoms with Crippen LogP contribution in [0.15, 0.2) is 59.5 Å². The number of carbonyl (C=O) groups excluding carboxylic acids is 2. The number of alkyl carbamates (subject to hydrolysis) is 1. The van der Waals surface area contributed by atoms with E-state index in [1.54, 1.807) is 4.90 Å². The SMILES string of the molecule is COc1ccc(S(=O)(=O)C(N)(CC(C)(C)CCNC(=O)N2CCOCC2)[C@H](O)[C@H](Cc2ccccc2)NC(=O)O[C@H]2CO[C@H]3OCC[C@H]32)cc1. The van der Waals surface area contributed by atoms with Gasteiger partial charge in [-0.05, 0) is 60.9 Å². The molecule has 3 aliphatic rings. The number of morpholine rings is 1. The number of hydrogen-bond acceptors (Lipinski definition) is 11. The van der Waals surface area contributed by atoms with Crippen LogP contribution in [0.3, 0.4) is 0 Å². The summed E-state index contributed by atoms with van der Waals surface area (Å²) in [6, 6.07) is 13.4. The molecule has 3 saturated heterocycles. The van der Waals surface area contributed by atoms with Gasteiger partial charge >= 0.3 is 12.1 Å². The minimum Gasteiger partial charge on any atom is -0.497 e. The first kappa shape index (κ1) is 37.8. The van der Waals surface area contributed by atoms with Crippen molar-refractivity contribution < 1.29 is 46.8 Å². The van der Waals surface area contributed by atoms with Crippen molar-refractivity contribution >= 4 is 22.0 Å². The Morgan fingerprint density at radius 3 is 2.44 bits per heavy atom. The molecule has 3 amide bonds. The Labute approximate surface area is 293 Å². The van der Waals surface area contributed by atoms with Crippen molar-refractivity contribution in [3.63, 3.8) is 0 Å². The summed E-state index contributed by atoms with van der Waals surface area (Å²) in [5.74, 6) is 0.326. The maximum Gasteiger partial charge on any atom is 0.407 e. The van der Waals surface area contributed by atoms with Crippen LogP contribution in [0.1, 0.15) is 38.7 Å². The van der Waals surface area contributed by atoms with Gasteiger partial charge < -0.3 is 50.1 Å². The van der Waals surface area contributed by atoms with E-state index in [0.29, 0.717) is 51.5 Å². The quantitative estimate of drug-likeness (QED) is 0.225. The molecule has 14 nitrogen and oxygen atoms in total. The Bertz CT molecular complexity index is 1540. The molecule has 2 aromatic carbocycles. The van der Waals surface area contributed by atoms with Crippen LogP contribution >= 0.6 is 0 Å². The summed E-state index contributed by atoms with van der Waals surface area (Å²) in [6.07, 6.45) is -2.79. The number of fused-ring (bicyclic) bond motifs is 1. The zero-order valence-corrected chi connectivity index (χ0v) is 29.7. The molecule has 0 aromatic heterocycles. The fourth-order valence-electron chi connectivity index (χ4n) is 6.88. The molecular weight excluding hydrogens is 668 g/mol. The van der Waals surface area contributed by atoms with E-state index in [9.17, 15) is 23.1 Å². The number of rotatable bonds is 14. The van der Waals surface area contributed by atoms with E-state index in [1.165, 1.54) is 31.4 Å². The van der Waals surface area contributed by atoms with Crippen LogP contribution in [0.5, 0.6) is 5.75 Å². The highest BCUT2D eigenvalue weighted by molar-refractivity contribution is 7.92. The van der Waals surface area contributed by atoms with E-state index in [2.05, 4.69) is 10.6 Å². The van der Waals surface area contributed by atoms with Crippen LogP contribution in [0.25, 0.3) is 0 Å². The Hall–Kier alpha value is -3.47. The summed E-state index contributed by atoms with van der Waals surface area (Å²) in [6.45, 7) is 6.46. The van der Waals surface area contributed by atoms with Crippen molar-refractivity contribution in [1.82, 2.24) is 15.5 Å². The lowest BCUT2D eigenvalue weighted by atomic mass is 9.79. The number of aliphatic hydroxyl groups excluding tert-OH is 1. The number of nitrogens with two attached hydrogens (primary N) is 1. The number of sulfone groups is 1. The largest absolute Gasteiger partial charge is 0.497 e. The van der Waals surface area contributed by atoms with Crippen molar-refractivity contribution in [1.29, 1.82) is 0 Å². The normalized spacial score (nSPS) is 23.3. The lowest BCUT2D eigenvalue weighted by molar-refractivity contribution is -0.0907. The fourth-order valence-corrected chi connectivity index (χ4v) is 8.87. The molecule has 5 rings (SSSR count). The lowest BCUT2D eigenvalue weighted by Crippen LogP contribution is -2.65. The number of urea groups is 1. The molecule has 0 aliphatic carbocycles. The number of carbonyl (C=O) groups is 2. The number of nitrogens with zero attached hydrogens (tertiary/aromatic N) is 1. The molecule has 276 valence electrons. The zero-order chi connectivity index (χ0) is 35.9. The summed E-state index contributed by atoms with van der Waals surface area (Å²) in [4.78, 5) is 25.4. The minimum atomic E-state index is -4.49. The summed E-state index contributed by atoms with van der Waals surface area (Å²) < 4.78 is 56.7.